The maximum absolute atomic E-state index is 11.7. The third-order valence-corrected chi connectivity index (χ3v) is 3.48. The van der Waals surface area contributed by atoms with Crippen molar-refractivity contribution in [2.24, 2.45) is 0 Å². The second-order valence-electron chi connectivity index (χ2n) is 4.10. The molecule has 0 aliphatic carbocycles. The summed E-state index contributed by atoms with van der Waals surface area (Å²) in [6, 6.07) is 8.02. The molecule has 1 aromatic rings. The Morgan fingerprint density at radius 2 is 1.89 bits per heavy atom. The highest BCUT2D eigenvalue weighted by molar-refractivity contribution is 7.70. The van der Waals surface area contributed by atoms with Crippen molar-refractivity contribution < 1.29 is 23.5 Å². The lowest BCUT2D eigenvalue weighted by Crippen LogP contribution is -2.08. The second-order valence-corrected chi connectivity index (χ2v) is 5.69. The van der Waals surface area contributed by atoms with Gasteiger partial charge in [-0.25, -0.2) is 9.36 Å². The molecule has 0 spiro atoms. The van der Waals surface area contributed by atoms with Gasteiger partial charge in [0.2, 0.25) is 0 Å². The lowest BCUT2D eigenvalue weighted by molar-refractivity contribution is 0.161. The molecule has 0 heterocycles. The molecule has 19 heavy (non-hydrogen) atoms. The van der Waals surface area contributed by atoms with Crippen LogP contribution in [0.3, 0.4) is 0 Å². The molecule has 0 amide bonds. The van der Waals surface area contributed by atoms with Crippen LogP contribution >= 0.6 is 7.60 Å². The van der Waals surface area contributed by atoms with Crippen LogP contribution in [0.5, 0.6) is 5.75 Å². The molecule has 0 aliphatic heterocycles. The van der Waals surface area contributed by atoms with Crippen LogP contribution in [0.1, 0.15) is 32.6 Å². The van der Waals surface area contributed by atoms with E-state index in [0.717, 1.165) is 19.3 Å². The Hall–Kier alpha value is -1.32. The zero-order valence-corrected chi connectivity index (χ0v) is 11.8. The van der Waals surface area contributed by atoms with E-state index in [1.807, 2.05) is 0 Å². The summed E-state index contributed by atoms with van der Waals surface area (Å²) in [7, 11) is -4.42. The predicted molar refractivity (Wildman–Crippen MR) is 72.4 cm³/mol. The van der Waals surface area contributed by atoms with Crippen LogP contribution in [0.4, 0.5) is 4.79 Å². The molecule has 0 aromatic heterocycles. The quantitative estimate of drug-likeness (QED) is 0.578. The van der Waals surface area contributed by atoms with Gasteiger partial charge >= 0.3 is 13.3 Å². The molecule has 0 saturated heterocycles. The smallest absolute Gasteiger partial charge is 0.456 e. The topological polar surface area (TPSA) is 72.8 Å². The maximum Gasteiger partial charge on any atom is 0.485 e. The molecule has 1 atom stereocenters. The van der Waals surface area contributed by atoms with Gasteiger partial charge in [0.05, 0.1) is 6.61 Å². The molecule has 1 rings (SSSR count). The summed E-state index contributed by atoms with van der Waals surface area (Å²) in [6.45, 7) is 2.21. The van der Waals surface area contributed by atoms with Gasteiger partial charge in [-0.05, 0) is 18.6 Å². The van der Waals surface area contributed by atoms with Gasteiger partial charge in [-0.2, -0.15) is 0 Å². The number of carbonyl (C=O) groups is 1. The number of para-hydroxylation sites is 1. The molecule has 0 fully saturated rings. The van der Waals surface area contributed by atoms with Crippen molar-refractivity contribution in [1.82, 2.24) is 0 Å². The van der Waals surface area contributed by atoms with Gasteiger partial charge in [-0.3, -0.25) is 0 Å². The van der Waals surface area contributed by atoms with E-state index in [2.05, 4.69) is 6.92 Å². The minimum absolute atomic E-state index is 0.140. The summed E-state index contributed by atoms with van der Waals surface area (Å²) in [5.74, 6) is 0.163. The van der Waals surface area contributed by atoms with Gasteiger partial charge in [0.15, 0.2) is 0 Å². The van der Waals surface area contributed by atoms with Crippen molar-refractivity contribution in [3.63, 3.8) is 0 Å². The van der Waals surface area contributed by atoms with Crippen LogP contribution in [0.25, 0.3) is 0 Å². The Morgan fingerprint density at radius 1 is 1.21 bits per heavy atom. The minimum atomic E-state index is -4.42. The fourth-order valence-electron chi connectivity index (χ4n) is 1.43. The van der Waals surface area contributed by atoms with Gasteiger partial charge in [-0.1, -0.05) is 44.4 Å². The van der Waals surface area contributed by atoms with E-state index in [1.54, 1.807) is 18.2 Å². The molecule has 0 bridgehead atoms. The van der Waals surface area contributed by atoms with Gasteiger partial charge < -0.3 is 14.2 Å². The van der Waals surface area contributed by atoms with E-state index in [-0.39, 0.29) is 12.4 Å². The van der Waals surface area contributed by atoms with Crippen LogP contribution in [0, 0.1) is 0 Å². The summed E-state index contributed by atoms with van der Waals surface area (Å²) in [5, 5.41) is 0. The number of rotatable bonds is 8. The van der Waals surface area contributed by atoms with Crippen molar-refractivity contribution in [2.45, 2.75) is 32.6 Å². The number of ether oxygens (including phenoxy) is 1. The summed E-state index contributed by atoms with van der Waals surface area (Å²) in [4.78, 5) is 20.9. The van der Waals surface area contributed by atoms with Crippen LogP contribution in [0.15, 0.2) is 30.3 Å². The molecule has 0 aliphatic rings. The van der Waals surface area contributed by atoms with E-state index in [4.69, 9.17) is 9.26 Å². The fraction of sp³-hybridized carbons (Fsp3) is 0.462. The molecule has 1 aromatic carbocycles. The van der Waals surface area contributed by atoms with Crippen molar-refractivity contribution in [2.75, 3.05) is 6.61 Å². The second kappa shape index (κ2) is 7.97. The van der Waals surface area contributed by atoms with E-state index in [0.29, 0.717) is 6.42 Å². The number of unbranched alkanes of at least 4 members (excludes halogenated alkanes) is 3. The highest BCUT2D eigenvalue weighted by atomic mass is 31.2. The SMILES string of the molecule is CCCCCCOC(=O)P(=O)(O)Oc1ccccc1. The Labute approximate surface area is 113 Å². The third kappa shape index (κ3) is 5.90. The van der Waals surface area contributed by atoms with E-state index < -0.39 is 13.3 Å². The average molecular weight is 286 g/mol. The van der Waals surface area contributed by atoms with E-state index >= 15 is 0 Å². The first kappa shape index (κ1) is 15.7. The van der Waals surface area contributed by atoms with Gasteiger partial charge in [0.1, 0.15) is 5.75 Å². The first-order valence-electron chi connectivity index (χ1n) is 6.31. The first-order chi connectivity index (χ1) is 9.06. The van der Waals surface area contributed by atoms with Gasteiger partial charge in [0, 0.05) is 0 Å². The van der Waals surface area contributed by atoms with Crippen LogP contribution in [-0.4, -0.2) is 17.2 Å². The maximum atomic E-state index is 11.7. The van der Waals surface area contributed by atoms with Crippen molar-refractivity contribution >= 4 is 13.3 Å². The summed E-state index contributed by atoms with van der Waals surface area (Å²) < 4.78 is 21.2. The molecule has 1 unspecified atom stereocenters. The lowest BCUT2D eigenvalue weighted by atomic mass is 10.2. The zero-order valence-electron chi connectivity index (χ0n) is 10.9. The Kier molecular flexibility index (Phi) is 6.60. The Balaban J connectivity index is 2.39. The van der Waals surface area contributed by atoms with Crippen LogP contribution in [-0.2, 0) is 9.30 Å². The van der Waals surface area contributed by atoms with Gasteiger partial charge in [0.25, 0.3) is 0 Å². The molecular formula is C13H19O5P. The normalized spacial score (nSPS) is 13.6. The lowest BCUT2D eigenvalue weighted by Gasteiger charge is -2.12. The van der Waals surface area contributed by atoms with E-state index in [1.165, 1.54) is 12.1 Å². The van der Waals surface area contributed by atoms with Crippen molar-refractivity contribution in [1.29, 1.82) is 0 Å². The number of carbonyl (C=O) groups excluding carboxylic acids is 1. The van der Waals surface area contributed by atoms with E-state index in [9.17, 15) is 14.3 Å². The summed E-state index contributed by atoms with van der Waals surface area (Å²) in [6.07, 6.45) is 3.74. The molecule has 1 N–H and O–H groups in total. The first-order valence-corrected chi connectivity index (χ1v) is 7.89. The predicted octanol–water partition coefficient (Wildman–Crippen LogP) is 3.97. The zero-order chi connectivity index (χ0) is 14.1. The standard InChI is InChI=1S/C13H19O5P/c1-2-3-4-8-11-17-13(14)19(15,16)18-12-9-6-5-7-10-12/h5-7,9-10H,2-4,8,11H2,1H3,(H,15,16). The Morgan fingerprint density at radius 3 is 2.53 bits per heavy atom. The minimum Gasteiger partial charge on any atom is -0.456 e. The molecule has 0 saturated carbocycles. The molecule has 0 radical (unpaired) electrons. The largest absolute Gasteiger partial charge is 0.485 e. The number of benzene rings is 1. The van der Waals surface area contributed by atoms with Crippen LogP contribution < -0.4 is 4.52 Å². The summed E-state index contributed by atoms with van der Waals surface area (Å²) >= 11 is 0. The number of hydrogen-bond donors (Lipinski definition) is 1. The molecule has 6 heteroatoms. The number of hydrogen-bond acceptors (Lipinski definition) is 4. The highest BCUT2D eigenvalue weighted by Crippen LogP contribution is 2.44. The van der Waals surface area contributed by atoms with Crippen LogP contribution in [0.2, 0.25) is 0 Å². The van der Waals surface area contributed by atoms with Gasteiger partial charge in [-0.15, -0.1) is 0 Å². The van der Waals surface area contributed by atoms with Crippen molar-refractivity contribution in [3.8, 4) is 5.75 Å². The average Bonchev–Trinajstić information content (AvgIpc) is 2.39. The summed E-state index contributed by atoms with van der Waals surface area (Å²) in [5.41, 5.74) is -1.20. The fourth-order valence-corrected chi connectivity index (χ4v) is 2.17. The Bertz CT molecular complexity index is 432. The highest BCUT2D eigenvalue weighted by Gasteiger charge is 2.34. The molecule has 5 nitrogen and oxygen atoms in total. The molecular weight excluding hydrogens is 267 g/mol. The third-order valence-electron chi connectivity index (χ3n) is 2.43. The monoisotopic (exact) mass is 286 g/mol. The van der Waals surface area contributed by atoms with Crippen molar-refractivity contribution in [3.05, 3.63) is 30.3 Å². The molecule has 106 valence electrons.